The van der Waals surface area contributed by atoms with Crippen LogP contribution in [0.4, 0.5) is 14.5 Å². The molecular weight excluding hydrogens is 376 g/mol. The number of carbonyl (C=O) groups is 2. The molecule has 0 radical (unpaired) electrons. The largest absolute Gasteiger partial charge is 0.493 e. The van der Waals surface area contributed by atoms with Crippen molar-refractivity contribution in [1.29, 1.82) is 0 Å². The van der Waals surface area contributed by atoms with E-state index in [0.717, 1.165) is 12.1 Å². The maximum absolute atomic E-state index is 13.7. The van der Waals surface area contributed by atoms with Crippen LogP contribution >= 0.6 is 0 Å². The number of hydrogen-bond donors (Lipinski definition) is 1. The minimum atomic E-state index is -1.27. The number of benzene rings is 2. The topological polar surface area (TPSA) is 83.1 Å². The third-order valence-corrected chi connectivity index (χ3v) is 3.77. The highest BCUT2D eigenvalue weighted by Crippen LogP contribution is 2.40. The fraction of sp³-hybridized carbons (Fsp3) is 0.263. The van der Waals surface area contributed by atoms with Crippen LogP contribution in [0, 0.1) is 11.6 Å². The number of hydrogen-bond acceptors (Lipinski definition) is 6. The van der Waals surface area contributed by atoms with Crippen molar-refractivity contribution in [3.8, 4) is 17.2 Å². The number of methoxy groups -OCH3 is 3. The van der Waals surface area contributed by atoms with Crippen molar-refractivity contribution in [3.05, 3.63) is 47.5 Å². The van der Waals surface area contributed by atoms with Crippen LogP contribution in [0.3, 0.4) is 0 Å². The third kappa shape index (κ3) is 4.48. The molecule has 28 heavy (non-hydrogen) atoms. The molecule has 0 saturated carbocycles. The van der Waals surface area contributed by atoms with Gasteiger partial charge in [-0.2, -0.15) is 0 Å². The highest BCUT2D eigenvalue weighted by molar-refractivity contribution is 5.99. The molecule has 1 amide bonds. The maximum atomic E-state index is 13.7. The minimum absolute atomic E-state index is 0.00719. The first kappa shape index (κ1) is 20.9. The molecule has 0 aliphatic heterocycles. The van der Waals surface area contributed by atoms with Crippen molar-refractivity contribution >= 4 is 17.6 Å². The van der Waals surface area contributed by atoms with Gasteiger partial charge in [0, 0.05) is 6.07 Å². The summed E-state index contributed by atoms with van der Waals surface area (Å²) < 4.78 is 47.2. The van der Waals surface area contributed by atoms with Crippen molar-refractivity contribution in [1.82, 2.24) is 0 Å². The molecule has 0 aromatic heterocycles. The van der Waals surface area contributed by atoms with E-state index in [0.29, 0.717) is 11.8 Å². The van der Waals surface area contributed by atoms with Crippen molar-refractivity contribution < 1.29 is 37.3 Å². The van der Waals surface area contributed by atoms with E-state index in [9.17, 15) is 18.4 Å². The summed E-state index contributed by atoms with van der Waals surface area (Å²) in [4.78, 5) is 24.6. The second-order valence-electron chi connectivity index (χ2n) is 5.54. The molecule has 0 spiro atoms. The van der Waals surface area contributed by atoms with Crippen molar-refractivity contribution in [2.45, 2.75) is 13.0 Å². The number of ether oxygens (including phenoxy) is 4. The number of nitrogens with one attached hydrogen (secondary N) is 1. The SMILES string of the molecule is COc1ccc(C(=O)OC(C)C(=O)Nc2ccc(F)cc2F)c(OC)c1OC. The van der Waals surface area contributed by atoms with E-state index in [1.54, 1.807) is 0 Å². The molecule has 150 valence electrons. The average Bonchev–Trinajstić information content (AvgIpc) is 2.68. The van der Waals surface area contributed by atoms with Gasteiger partial charge in [-0.3, -0.25) is 4.79 Å². The third-order valence-electron chi connectivity index (χ3n) is 3.77. The van der Waals surface area contributed by atoms with Crippen LogP contribution in [0.2, 0.25) is 0 Å². The average molecular weight is 395 g/mol. The summed E-state index contributed by atoms with van der Waals surface area (Å²) >= 11 is 0. The minimum Gasteiger partial charge on any atom is -0.493 e. The molecule has 2 aromatic rings. The van der Waals surface area contributed by atoms with Gasteiger partial charge in [-0.05, 0) is 31.2 Å². The summed E-state index contributed by atoms with van der Waals surface area (Å²) in [6.07, 6.45) is -1.27. The first-order valence-electron chi connectivity index (χ1n) is 8.08. The Bertz CT molecular complexity index is 887. The van der Waals surface area contributed by atoms with E-state index in [1.807, 2.05) is 0 Å². The van der Waals surface area contributed by atoms with Crippen LogP contribution in [-0.2, 0) is 9.53 Å². The molecule has 0 aliphatic carbocycles. The van der Waals surface area contributed by atoms with Gasteiger partial charge in [0.2, 0.25) is 5.75 Å². The Morgan fingerprint density at radius 3 is 2.21 bits per heavy atom. The van der Waals surface area contributed by atoms with E-state index in [4.69, 9.17) is 18.9 Å². The first-order chi connectivity index (χ1) is 13.3. The predicted molar refractivity (Wildman–Crippen MR) is 96.0 cm³/mol. The van der Waals surface area contributed by atoms with Crippen LogP contribution in [0.25, 0.3) is 0 Å². The smallest absolute Gasteiger partial charge is 0.342 e. The number of carbonyl (C=O) groups excluding carboxylic acids is 2. The summed E-state index contributed by atoms with van der Waals surface area (Å²) in [5.74, 6) is -2.79. The van der Waals surface area contributed by atoms with Gasteiger partial charge >= 0.3 is 5.97 Å². The number of esters is 1. The molecule has 2 rings (SSSR count). The summed E-state index contributed by atoms with van der Waals surface area (Å²) in [5.41, 5.74) is -0.231. The Balaban J connectivity index is 2.16. The second-order valence-corrected chi connectivity index (χ2v) is 5.54. The highest BCUT2D eigenvalue weighted by atomic mass is 19.1. The van der Waals surface area contributed by atoms with Crippen LogP contribution in [0.5, 0.6) is 17.2 Å². The summed E-state index contributed by atoms with van der Waals surface area (Å²) in [6.45, 7) is 1.31. The van der Waals surface area contributed by atoms with Crippen LogP contribution in [0.1, 0.15) is 17.3 Å². The Morgan fingerprint density at radius 2 is 1.64 bits per heavy atom. The molecule has 0 saturated heterocycles. The van der Waals surface area contributed by atoms with Crippen LogP contribution in [0.15, 0.2) is 30.3 Å². The monoisotopic (exact) mass is 395 g/mol. The molecule has 9 heteroatoms. The van der Waals surface area contributed by atoms with E-state index >= 15 is 0 Å². The molecule has 0 fully saturated rings. The zero-order valence-electron chi connectivity index (χ0n) is 15.7. The molecule has 1 N–H and O–H groups in total. The lowest BCUT2D eigenvalue weighted by atomic mass is 10.1. The second kappa shape index (κ2) is 9.03. The van der Waals surface area contributed by atoms with Gasteiger partial charge in [0.1, 0.15) is 17.2 Å². The number of anilines is 1. The van der Waals surface area contributed by atoms with E-state index in [1.165, 1.54) is 40.4 Å². The van der Waals surface area contributed by atoms with Crippen molar-refractivity contribution in [2.24, 2.45) is 0 Å². The van der Waals surface area contributed by atoms with E-state index < -0.39 is 29.6 Å². The van der Waals surface area contributed by atoms with Gasteiger partial charge in [-0.1, -0.05) is 0 Å². The number of amides is 1. The summed E-state index contributed by atoms with van der Waals surface area (Å²) in [7, 11) is 4.14. The predicted octanol–water partition coefficient (Wildman–Crippen LogP) is 3.17. The molecule has 0 aliphatic rings. The van der Waals surface area contributed by atoms with E-state index in [2.05, 4.69) is 5.32 Å². The molecule has 0 bridgehead atoms. The lowest BCUT2D eigenvalue weighted by molar-refractivity contribution is -0.123. The molecule has 0 heterocycles. The van der Waals surface area contributed by atoms with Gasteiger partial charge in [0.15, 0.2) is 17.6 Å². The standard InChI is InChI=1S/C19H19F2NO6/c1-10(18(23)22-14-7-5-11(20)9-13(14)21)28-19(24)12-6-8-15(25-2)17(27-4)16(12)26-3/h5-10H,1-4H3,(H,22,23). The van der Waals surface area contributed by atoms with Crippen molar-refractivity contribution in [3.63, 3.8) is 0 Å². The molecule has 1 atom stereocenters. The highest BCUT2D eigenvalue weighted by Gasteiger charge is 2.25. The van der Waals surface area contributed by atoms with Gasteiger partial charge in [-0.15, -0.1) is 0 Å². The number of halogens is 2. The molecule has 1 unspecified atom stereocenters. The fourth-order valence-electron chi connectivity index (χ4n) is 2.36. The molecule has 7 nitrogen and oxygen atoms in total. The Kier molecular flexibility index (Phi) is 6.75. The lowest BCUT2D eigenvalue weighted by Gasteiger charge is -2.17. The van der Waals surface area contributed by atoms with Crippen molar-refractivity contribution in [2.75, 3.05) is 26.6 Å². The van der Waals surface area contributed by atoms with Crippen LogP contribution < -0.4 is 19.5 Å². The lowest BCUT2D eigenvalue weighted by Crippen LogP contribution is -2.30. The zero-order valence-corrected chi connectivity index (χ0v) is 15.7. The van der Waals surface area contributed by atoms with Gasteiger partial charge < -0.3 is 24.3 Å². The Hall–Kier alpha value is -3.36. The molecular formula is C19H19F2NO6. The summed E-state index contributed by atoms with van der Waals surface area (Å²) in [6, 6.07) is 5.56. The van der Waals surface area contributed by atoms with Gasteiger partial charge in [-0.25, -0.2) is 13.6 Å². The van der Waals surface area contributed by atoms with Gasteiger partial charge in [0.05, 0.1) is 27.0 Å². The Labute approximate surface area is 160 Å². The zero-order chi connectivity index (χ0) is 20.8. The Morgan fingerprint density at radius 1 is 0.964 bits per heavy atom. The van der Waals surface area contributed by atoms with E-state index in [-0.39, 0.29) is 22.7 Å². The normalized spacial score (nSPS) is 11.4. The molecule has 2 aromatic carbocycles. The quantitative estimate of drug-likeness (QED) is 0.725. The van der Waals surface area contributed by atoms with Gasteiger partial charge in [0.25, 0.3) is 5.91 Å². The first-order valence-corrected chi connectivity index (χ1v) is 8.08. The number of rotatable bonds is 7. The summed E-state index contributed by atoms with van der Waals surface area (Å²) in [5, 5.41) is 2.23. The fourth-order valence-corrected chi connectivity index (χ4v) is 2.36. The maximum Gasteiger partial charge on any atom is 0.342 e. The van der Waals surface area contributed by atoms with Crippen LogP contribution in [-0.4, -0.2) is 39.3 Å².